The standard InChI is InChI=1S/C52H34S/c1-3-15-33-31(13-1)29-45-35(33)21-9-23-43(45)49-39-19-7-5-17-37(39)41-25-11-27-47(51(41)49)53-48-28-12-26-42-38-18-6-8-20-40(38)50(52(42)48)44-24-10-22-36-34-16-4-2-14-32(34)30-46(36)44/h1-28,49-50H,29-30H2. The summed E-state index contributed by atoms with van der Waals surface area (Å²) >= 11 is 1.98. The predicted molar refractivity (Wildman–Crippen MR) is 219 cm³/mol. The van der Waals surface area contributed by atoms with Gasteiger partial charge in [-0.25, -0.2) is 0 Å². The average molecular weight is 691 g/mol. The Balaban J connectivity index is 1.03. The molecule has 0 bridgehead atoms. The van der Waals surface area contributed by atoms with Crippen molar-refractivity contribution >= 4 is 11.8 Å². The molecule has 0 aliphatic heterocycles. The fraction of sp³-hybridized carbons (Fsp3) is 0.0769. The average Bonchev–Trinajstić information content (AvgIpc) is 3.96. The van der Waals surface area contributed by atoms with E-state index in [1.165, 1.54) is 110 Å². The quantitative estimate of drug-likeness (QED) is 0.177. The van der Waals surface area contributed by atoms with E-state index in [2.05, 4.69) is 170 Å². The largest absolute Gasteiger partial charge is 0.0894 e. The summed E-state index contributed by atoms with van der Waals surface area (Å²) in [7, 11) is 0. The molecule has 53 heavy (non-hydrogen) atoms. The van der Waals surface area contributed by atoms with Gasteiger partial charge in [-0.15, -0.1) is 0 Å². The Morgan fingerprint density at radius 1 is 0.302 bits per heavy atom. The SMILES string of the molecule is c1ccc2c(c1)Cc1c-2cccc1C1c2ccccc2-c2cccc(Sc3cccc4c3C(c3cccc5c3Cc3ccccc3-5)c3ccccc3-4)c21. The van der Waals surface area contributed by atoms with Crippen molar-refractivity contribution in [2.75, 3.05) is 0 Å². The summed E-state index contributed by atoms with van der Waals surface area (Å²) in [6.07, 6.45) is 1.98. The number of hydrogen-bond donors (Lipinski definition) is 0. The highest BCUT2D eigenvalue weighted by atomic mass is 32.2. The molecule has 8 aromatic carbocycles. The molecule has 0 amide bonds. The van der Waals surface area contributed by atoms with Gasteiger partial charge >= 0.3 is 0 Å². The van der Waals surface area contributed by atoms with Gasteiger partial charge in [-0.1, -0.05) is 169 Å². The van der Waals surface area contributed by atoms with Gasteiger partial charge in [0.05, 0.1) is 0 Å². The highest BCUT2D eigenvalue weighted by molar-refractivity contribution is 7.99. The van der Waals surface area contributed by atoms with Gasteiger partial charge in [0.2, 0.25) is 0 Å². The third-order valence-corrected chi connectivity index (χ3v) is 13.6. The highest BCUT2D eigenvalue weighted by Gasteiger charge is 2.38. The van der Waals surface area contributed by atoms with Crippen LogP contribution in [0.4, 0.5) is 0 Å². The van der Waals surface area contributed by atoms with Crippen molar-refractivity contribution < 1.29 is 0 Å². The maximum absolute atomic E-state index is 2.41. The monoisotopic (exact) mass is 690 g/mol. The second-order valence-corrected chi connectivity index (χ2v) is 16.1. The first-order valence-electron chi connectivity index (χ1n) is 18.8. The molecule has 0 spiro atoms. The van der Waals surface area contributed by atoms with Crippen molar-refractivity contribution in [3.8, 4) is 44.5 Å². The first-order valence-corrected chi connectivity index (χ1v) is 19.7. The van der Waals surface area contributed by atoms with Crippen LogP contribution in [0.3, 0.4) is 0 Å². The van der Waals surface area contributed by atoms with E-state index in [0.29, 0.717) is 0 Å². The molecular formula is C52H34S. The van der Waals surface area contributed by atoms with E-state index in [0.717, 1.165) is 12.8 Å². The number of hydrogen-bond acceptors (Lipinski definition) is 1. The Kier molecular flexibility index (Phi) is 6.33. The summed E-state index contributed by atoms with van der Waals surface area (Å²) in [5, 5.41) is 0. The van der Waals surface area contributed by atoms with E-state index in [1.54, 1.807) is 0 Å². The van der Waals surface area contributed by atoms with Crippen LogP contribution >= 0.6 is 11.8 Å². The van der Waals surface area contributed by atoms with Crippen LogP contribution in [0.15, 0.2) is 180 Å². The minimum absolute atomic E-state index is 0.176. The molecule has 0 nitrogen and oxygen atoms in total. The van der Waals surface area contributed by atoms with E-state index in [1.807, 2.05) is 11.8 Å². The minimum Gasteiger partial charge on any atom is -0.0894 e. The Morgan fingerprint density at radius 2 is 0.660 bits per heavy atom. The van der Waals surface area contributed by atoms with Crippen LogP contribution in [0.25, 0.3) is 44.5 Å². The summed E-state index contributed by atoms with van der Waals surface area (Å²) in [5.41, 5.74) is 25.5. The second kappa shape index (κ2) is 11.3. The van der Waals surface area contributed by atoms with E-state index < -0.39 is 0 Å². The van der Waals surface area contributed by atoms with Crippen LogP contribution in [-0.2, 0) is 12.8 Å². The van der Waals surface area contributed by atoms with Crippen LogP contribution in [0.2, 0.25) is 0 Å². The zero-order chi connectivity index (χ0) is 34.6. The van der Waals surface area contributed by atoms with Gasteiger partial charge in [0.15, 0.2) is 0 Å². The summed E-state index contributed by atoms with van der Waals surface area (Å²) < 4.78 is 0. The number of fused-ring (bicyclic) bond motifs is 12. The summed E-state index contributed by atoms with van der Waals surface area (Å²) in [6.45, 7) is 0. The molecule has 0 saturated heterocycles. The van der Waals surface area contributed by atoms with Crippen molar-refractivity contribution in [3.05, 3.63) is 225 Å². The second-order valence-electron chi connectivity index (χ2n) is 15.0. The minimum atomic E-state index is 0.176. The van der Waals surface area contributed by atoms with Crippen LogP contribution < -0.4 is 0 Å². The highest BCUT2D eigenvalue weighted by Crippen LogP contribution is 2.58. The third kappa shape index (κ3) is 4.20. The molecule has 8 aromatic rings. The molecule has 2 atom stereocenters. The zero-order valence-electron chi connectivity index (χ0n) is 29.1. The van der Waals surface area contributed by atoms with Crippen molar-refractivity contribution in [1.29, 1.82) is 0 Å². The van der Waals surface area contributed by atoms with E-state index in [4.69, 9.17) is 0 Å². The predicted octanol–water partition coefficient (Wildman–Crippen LogP) is 13.3. The molecule has 0 aromatic heterocycles. The topological polar surface area (TPSA) is 0 Å². The molecule has 0 radical (unpaired) electrons. The maximum atomic E-state index is 2.41. The third-order valence-electron chi connectivity index (χ3n) is 12.4. The smallest absolute Gasteiger partial charge is 0.0366 e. The van der Waals surface area contributed by atoms with Crippen molar-refractivity contribution in [2.24, 2.45) is 0 Å². The van der Waals surface area contributed by atoms with Crippen molar-refractivity contribution in [2.45, 2.75) is 34.5 Å². The Morgan fingerprint density at radius 3 is 1.15 bits per heavy atom. The Labute approximate surface area is 314 Å². The summed E-state index contributed by atoms with van der Waals surface area (Å²) in [6, 6.07) is 64.3. The molecule has 4 aliphatic carbocycles. The zero-order valence-corrected chi connectivity index (χ0v) is 30.0. The fourth-order valence-electron chi connectivity index (χ4n) is 10.3. The Hall–Kier alpha value is -5.89. The Bertz CT molecular complexity index is 2640. The molecule has 0 heterocycles. The fourth-order valence-corrected chi connectivity index (χ4v) is 11.5. The van der Waals surface area contributed by atoms with Crippen LogP contribution in [0, 0.1) is 0 Å². The van der Waals surface area contributed by atoms with E-state index in [-0.39, 0.29) is 11.8 Å². The van der Waals surface area contributed by atoms with Gasteiger partial charge in [0, 0.05) is 21.6 Å². The van der Waals surface area contributed by atoms with Crippen molar-refractivity contribution in [3.63, 3.8) is 0 Å². The summed E-state index contributed by atoms with van der Waals surface area (Å²) in [4.78, 5) is 2.70. The molecule has 1 heteroatoms. The first-order chi connectivity index (χ1) is 26.3. The molecule has 0 saturated carbocycles. The normalized spacial score (nSPS) is 16.2. The van der Waals surface area contributed by atoms with E-state index >= 15 is 0 Å². The molecule has 0 fully saturated rings. The first kappa shape index (κ1) is 29.7. The number of benzene rings is 8. The lowest BCUT2D eigenvalue weighted by molar-refractivity contribution is 0.951. The van der Waals surface area contributed by atoms with Gasteiger partial charge < -0.3 is 0 Å². The molecule has 0 N–H and O–H groups in total. The van der Waals surface area contributed by atoms with Crippen LogP contribution in [0.1, 0.15) is 67.5 Å². The van der Waals surface area contributed by atoms with Gasteiger partial charge in [0.25, 0.3) is 0 Å². The molecule has 4 aliphatic rings. The lowest BCUT2D eigenvalue weighted by Crippen LogP contribution is -2.06. The van der Waals surface area contributed by atoms with Crippen LogP contribution in [0.5, 0.6) is 0 Å². The lowest BCUT2D eigenvalue weighted by atomic mass is 9.84. The summed E-state index contributed by atoms with van der Waals surface area (Å²) in [5.74, 6) is 0.352. The van der Waals surface area contributed by atoms with Crippen molar-refractivity contribution in [1.82, 2.24) is 0 Å². The molecular weight excluding hydrogens is 657 g/mol. The number of rotatable bonds is 4. The lowest BCUT2D eigenvalue weighted by Gasteiger charge is -2.23. The maximum Gasteiger partial charge on any atom is 0.0366 e. The molecule has 248 valence electrons. The van der Waals surface area contributed by atoms with Crippen LogP contribution in [-0.4, -0.2) is 0 Å². The molecule has 2 unspecified atom stereocenters. The molecule has 12 rings (SSSR count). The van der Waals surface area contributed by atoms with Gasteiger partial charge in [0.1, 0.15) is 0 Å². The van der Waals surface area contributed by atoms with Gasteiger partial charge in [-0.3, -0.25) is 0 Å². The van der Waals surface area contributed by atoms with Gasteiger partial charge in [-0.2, -0.15) is 0 Å². The van der Waals surface area contributed by atoms with Gasteiger partial charge in [-0.05, 0) is 125 Å². The van der Waals surface area contributed by atoms with E-state index in [9.17, 15) is 0 Å².